The zero-order chi connectivity index (χ0) is 36.0. The molecule has 10 aromatic carbocycles. The highest BCUT2D eigenvalue weighted by molar-refractivity contribution is 6.26. The normalized spacial score (nSPS) is 12.0. The molecule has 0 amide bonds. The first-order valence-electron chi connectivity index (χ1n) is 19.0. The van der Waals surface area contributed by atoms with Crippen LogP contribution in [0.4, 0.5) is 0 Å². The molecule has 0 aliphatic heterocycles. The van der Waals surface area contributed by atoms with Gasteiger partial charge in [-0.15, -0.1) is 0 Å². The van der Waals surface area contributed by atoms with E-state index in [1.807, 2.05) is 6.07 Å². The molecule has 12 rings (SSSR count). The maximum atomic E-state index is 6.28. The van der Waals surface area contributed by atoms with E-state index in [-0.39, 0.29) is 0 Å². The van der Waals surface area contributed by atoms with E-state index in [1.165, 1.54) is 93.5 Å². The van der Waals surface area contributed by atoms with Gasteiger partial charge in [0.15, 0.2) is 0 Å². The fourth-order valence-corrected chi connectivity index (χ4v) is 9.36. The van der Waals surface area contributed by atoms with Gasteiger partial charge in [0, 0.05) is 10.8 Å². The molecule has 1 aliphatic rings. The van der Waals surface area contributed by atoms with Gasteiger partial charge in [0.1, 0.15) is 11.2 Å². The van der Waals surface area contributed by atoms with Crippen LogP contribution in [0, 0.1) is 0 Å². The van der Waals surface area contributed by atoms with Gasteiger partial charge < -0.3 is 4.42 Å². The van der Waals surface area contributed by atoms with E-state index in [0.29, 0.717) is 0 Å². The van der Waals surface area contributed by atoms with Crippen molar-refractivity contribution >= 4 is 54.3 Å². The first-order chi connectivity index (χ1) is 27.3. The molecule has 0 bridgehead atoms. The minimum atomic E-state index is 0.904. The first kappa shape index (κ1) is 30.3. The van der Waals surface area contributed by atoms with Gasteiger partial charge in [0.05, 0.1) is 0 Å². The van der Waals surface area contributed by atoms with Crippen molar-refractivity contribution in [3.8, 4) is 66.8 Å². The molecule has 1 aromatic heterocycles. The van der Waals surface area contributed by atoms with Crippen LogP contribution in [0.5, 0.6) is 0 Å². The van der Waals surface area contributed by atoms with Crippen LogP contribution in [-0.2, 0) is 0 Å². The lowest BCUT2D eigenvalue weighted by Gasteiger charge is -2.26. The second kappa shape index (κ2) is 11.6. The summed E-state index contributed by atoms with van der Waals surface area (Å²) < 4.78 is 6.28. The molecule has 55 heavy (non-hydrogen) atoms. The zero-order valence-electron chi connectivity index (χ0n) is 29.9. The van der Waals surface area contributed by atoms with Crippen molar-refractivity contribution < 1.29 is 4.42 Å². The van der Waals surface area contributed by atoms with E-state index in [9.17, 15) is 0 Å². The number of benzene rings is 10. The van der Waals surface area contributed by atoms with Crippen LogP contribution < -0.4 is 0 Å². The summed E-state index contributed by atoms with van der Waals surface area (Å²) in [6.45, 7) is 0. The highest BCUT2D eigenvalue weighted by Gasteiger charge is 2.26. The summed E-state index contributed by atoms with van der Waals surface area (Å²) in [6.07, 6.45) is 0. The van der Waals surface area contributed by atoms with Gasteiger partial charge in [0.2, 0.25) is 0 Å². The van der Waals surface area contributed by atoms with E-state index >= 15 is 0 Å². The quantitative estimate of drug-likeness (QED) is 0.164. The van der Waals surface area contributed by atoms with Crippen molar-refractivity contribution in [1.82, 2.24) is 0 Å². The van der Waals surface area contributed by atoms with Crippen LogP contribution in [0.15, 0.2) is 199 Å². The monoisotopic (exact) mass is 696 g/mol. The lowest BCUT2D eigenvalue weighted by atomic mass is 9.77. The Hall–Kier alpha value is -7.22. The largest absolute Gasteiger partial charge is 0.456 e. The number of fused-ring (bicyclic) bond motifs is 17. The van der Waals surface area contributed by atoms with Crippen molar-refractivity contribution in [3.05, 3.63) is 194 Å². The standard InChI is InChI=1S/C54H32O/c1-3-15-38-36(13-1)40-17-6-8-21-44(40)51-32-35(33-26-28-53-50(29-33)46-22-11-12-24-52(46)55-53)31-48(54(51)47-23-10-9-19-42(38)47)34-25-27-45-41-18-4-2-14-37(41)39-16-5-7-20-43(39)49(45)30-34/h1-32H. The van der Waals surface area contributed by atoms with Crippen molar-refractivity contribution in [2.45, 2.75) is 0 Å². The van der Waals surface area contributed by atoms with Gasteiger partial charge in [0.25, 0.3) is 0 Å². The number of rotatable bonds is 2. The van der Waals surface area contributed by atoms with E-state index in [4.69, 9.17) is 4.42 Å². The summed E-state index contributed by atoms with van der Waals surface area (Å²) in [4.78, 5) is 0. The third-order valence-corrected chi connectivity index (χ3v) is 11.8. The molecule has 1 heteroatoms. The molecule has 0 N–H and O–H groups in total. The molecule has 1 nitrogen and oxygen atoms in total. The van der Waals surface area contributed by atoms with E-state index in [1.54, 1.807) is 0 Å². The molecule has 1 aliphatic carbocycles. The average molecular weight is 697 g/mol. The fourth-order valence-electron chi connectivity index (χ4n) is 9.36. The van der Waals surface area contributed by atoms with Crippen LogP contribution in [-0.4, -0.2) is 0 Å². The Bertz CT molecular complexity index is 3340. The van der Waals surface area contributed by atoms with E-state index < -0.39 is 0 Å². The molecule has 0 atom stereocenters. The van der Waals surface area contributed by atoms with Crippen LogP contribution in [0.2, 0.25) is 0 Å². The van der Waals surface area contributed by atoms with Crippen LogP contribution in [0.3, 0.4) is 0 Å². The smallest absolute Gasteiger partial charge is 0.135 e. The first-order valence-corrected chi connectivity index (χ1v) is 19.0. The molecule has 0 saturated heterocycles. The Morgan fingerprint density at radius 3 is 1.27 bits per heavy atom. The van der Waals surface area contributed by atoms with E-state index in [0.717, 1.165) is 27.5 Å². The van der Waals surface area contributed by atoms with Crippen LogP contribution in [0.25, 0.3) is 121 Å². The maximum absolute atomic E-state index is 6.28. The lowest BCUT2D eigenvalue weighted by molar-refractivity contribution is 0.669. The Labute approximate surface area is 318 Å². The number of hydrogen-bond donors (Lipinski definition) is 0. The van der Waals surface area contributed by atoms with Gasteiger partial charge in [-0.05, 0) is 135 Å². The predicted molar refractivity (Wildman–Crippen MR) is 232 cm³/mol. The molecule has 254 valence electrons. The van der Waals surface area contributed by atoms with Gasteiger partial charge >= 0.3 is 0 Å². The van der Waals surface area contributed by atoms with E-state index in [2.05, 4.69) is 188 Å². The maximum Gasteiger partial charge on any atom is 0.135 e. The number of para-hydroxylation sites is 1. The molecule has 0 spiro atoms. The predicted octanol–water partition coefficient (Wildman–Crippen LogP) is 15.4. The van der Waals surface area contributed by atoms with Gasteiger partial charge in [-0.1, -0.05) is 158 Å². The number of furan rings is 1. The summed E-state index contributed by atoms with van der Waals surface area (Å²) in [5.74, 6) is 0. The van der Waals surface area contributed by atoms with Crippen molar-refractivity contribution in [1.29, 1.82) is 0 Å². The van der Waals surface area contributed by atoms with Gasteiger partial charge in [-0.3, -0.25) is 0 Å². The van der Waals surface area contributed by atoms with Crippen molar-refractivity contribution in [3.63, 3.8) is 0 Å². The second-order valence-corrected chi connectivity index (χ2v) is 14.7. The van der Waals surface area contributed by atoms with Gasteiger partial charge in [-0.25, -0.2) is 0 Å². The van der Waals surface area contributed by atoms with Crippen molar-refractivity contribution in [2.24, 2.45) is 0 Å². The Morgan fingerprint density at radius 1 is 0.218 bits per heavy atom. The molecule has 0 fully saturated rings. The minimum absolute atomic E-state index is 0.904. The summed E-state index contributed by atoms with van der Waals surface area (Å²) in [5, 5.41) is 9.93. The van der Waals surface area contributed by atoms with Crippen molar-refractivity contribution in [2.75, 3.05) is 0 Å². The van der Waals surface area contributed by atoms with Gasteiger partial charge in [-0.2, -0.15) is 0 Å². The van der Waals surface area contributed by atoms with Crippen LogP contribution in [0.1, 0.15) is 0 Å². The molecular formula is C54H32O. The summed E-state index contributed by atoms with van der Waals surface area (Å²) in [5.41, 5.74) is 16.5. The summed E-state index contributed by atoms with van der Waals surface area (Å²) in [6, 6.07) is 71.5. The fraction of sp³-hybridized carbons (Fsp3) is 0. The Kier molecular flexibility index (Phi) is 6.40. The SMILES string of the molecule is c1ccc2c(c1)-c1ccccc1-c1cc(-c3ccc4oc5ccccc5c4c3)cc(-c3ccc4c5ccccc5c5ccccc5c4c3)c1-c1ccccc1-2. The highest BCUT2D eigenvalue weighted by atomic mass is 16.3. The number of hydrogen-bond acceptors (Lipinski definition) is 1. The lowest BCUT2D eigenvalue weighted by Crippen LogP contribution is -1.99. The third-order valence-electron chi connectivity index (χ3n) is 11.8. The highest BCUT2D eigenvalue weighted by Crippen LogP contribution is 2.52. The van der Waals surface area contributed by atoms with Crippen LogP contribution >= 0.6 is 0 Å². The molecular weight excluding hydrogens is 665 g/mol. The molecule has 11 aromatic rings. The minimum Gasteiger partial charge on any atom is -0.456 e. The molecule has 0 radical (unpaired) electrons. The topological polar surface area (TPSA) is 13.1 Å². The molecule has 1 heterocycles. The third kappa shape index (κ3) is 4.48. The zero-order valence-corrected chi connectivity index (χ0v) is 29.9. The second-order valence-electron chi connectivity index (χ2n) is 14.7. The average Bonchev–Trinajstić information content (AvgIpc) is 3.63. The molecule has 0 saturated carbocycles. The molecule has 0 unspecified atom stereocenters. The summed E-state index contributed by atoms with van der Waals surface area (Å²) in [7, 11) is 0. The summed E-state index contributed by atoms with van der Waals surface area (Å²) >= 11 is 0. The Morgan fingerprint density at radius 2 is 0.636 bits per heavy atom. The Balaban J connectivity index is 1.23.